The van der Waals surface area contributed by atoms with Crippen molar-refractivity contribution < 1.29 is 47.7 Å². The first-order valence-electron chi connectivity index (χ1n) is 12.5. The fourth-order valence-corrected chi connectivity index (χ4v) is 3.79. The molecule has 0 bridgehead atoms. The van der Waals surface area contributed by atoms with E-state index in [1.165, 1.54) is 56.7 Å². The van der Waals surface area contributed by atoms with E-state index in [-0.39, 0.29) is 42.9 Å². The monoisotopic (exact) mass is 530 g/mol. The van der Waals surface area contributed by atoms with E-state index in [0.717, 1.165) is 19.3 Å². The number of carbonyl (C=O) groups excluding carboxylic acids is 3. The quantitative estimate of drug-likeness (QED) is 0.0861. The van der Waals surface area contributed by atoms with Crippen LogP contribution in [0.3, 0.4) is 0 Å². The molecule has 0 heterocycles. The van der Waals surface area contributed by atoms with Gasteiger partial charge in [0, 0.05) is 12.8 Å². The van der Waals surface area contributed by atoms with Crippen molar-refractivity contribution in [3.05, 3.63) is 29.3 Å². The van der Waals surface area contributed by atoms with Crippen molar-refractivity contribution in [2.45, 2.75) is 90.6 Å². The van der Waals surface area contributed by atoms with E-state index in [4.69, 9.17) is 19.1 Å². The van der Waals surface area contributed by atoms with E-state index < -0.39 is 32.5 Å². The maximum Gasteiger partial charge on any atom is 0.520 e. The molecule has 36 heavy (non-hydrogen) atoms. The second-order valence-corrected chi connectivity index (χ2v) is 9.09. The van der Waals surface area contributed by atoms with Gasteiger partial charge >= 0.3 is 26.3 Å². The summed E-state index contributed by atoms with van der Waals surface area (Å²) in [4.78, 5) is 44.8. The third-order valence-electron chi connectivity index (χ3n) is 5.33. The molecular formula is C25H39O10P. The van der Waals surface area contributed by atoms with Crippen molar-refractivity contribution in [2.24, 2.45) is 0 Å². The molecule has 2 unspecified atom stereocenters. The minimum atomic E-state index is -3.58. The van der Waals surface area contributed by atoms with Gasteiger partial charge in [0.25, 0.3) is 0 Å². The number of hydrogen-bond donors (Lipinski definition) is 2. The Morgan fingerprint density at radius 3 is 2.19 bits per heavy atom. The van der Waals surface area contributed by atoms with Gasteiger partial charge in [0.05, 0.1) is 12.7 Å². The average molecular weight is 531 g/mol. The maximum atomic E-state index is 12.5. The van der Waals surface area contributed by atoms with Crippen molar-refractivity contribution in [1.82, 2.24) is 0 Å². The number of hydrogen-bond acceptors (Lipinski definition) is 9. The van der Waals surface area contributed by atoms with Gasteiger partial charge in [0.15, 0.2) is 0 Å². The van der Waals surface area contributed by atoms with Gasteiger partial charge in [0.1, 0.15) is 17.9 Å². The van der Waals surface area contributed by atoms with Crippen LogP contribution in [0.2, 0.25) is 0 Å². The number of ether oxygens (including phenoxy) is 3. The molecule has 1 aromatic carbocycles. The Labute approximate surface area is 213 Å². The zero-order valence-electron chi connectivity index (χ0n) is 21.2. The first-order chi connectivity index (χ1) is 17.3. The molecule has 1 aromatic rings. The number of benzene rings is 1. The van der Waals surface area contributed by atoms with Crippen LogP contribution in [0.5, 0.6) is 5.75 Å². The number of aliphatic hydroxyl groups is 1. The van der Waals surface area contributed by atoms with Gasteiger partial charge < -0.3 is 28.7 Å². The Balaban J connectivity index is 2.55. The second kappa shape index (κ2) is 18.8. The molecule has 0 amide bonds. The first kappa shape index (κ1) is 31.6. The minimum absolute atomic E-state index is 0.0421. The van der Waals surface area contributed by atoms with Gasteiger partial charge in [-0.2, -0.15) is 0 Å². The molecular weight excluding hydrogens is 491 g/mol. The number of esters is 2. The molecule has 11 heteroatoms. The Morgan fingerprint density at radius 2 is 1.58 bits per heavy atom. The van der Waals surface area contributed by atoms with Crippen molar-refractivity contribution in [2.75, 3.05) is 13.2 Å². The van der Waals surface area contributed by atoms with Crippen molar-refractivity contribution in [3.8, 4) is 5.75 Å². The number of carbonyl (C=O) groups is 3. The first-order valence-corrected chi connectivity index (χ1v) is 13.8. The second-order valence-electron chi connectivity index (χ2n) is 8.35. The van der Waals surface area contributed by atoms with Crippen LogP contribution in [-0.2, 0) is 29.8 Å². The summed E-state index contributed by atoms with van der Waals surface area (Å²) >= 11 is 0. The van der Waals surface area contributed by atoms with Gasteiger partial charge in [0.2, 0.25) is 0 Å². The topological polar surface area (TPSA) is 146 Å². The average Bonchev–Trinajstić information content (AvgIpc) is 2.81. The van der Waals surface area contributed by atoms with E-state index in [9.17, 15) is 24.1 Å². The Bertz CT molecular complexity index is 842. The van der Waals surface area contributed by atoms with Crippen LogP contribution >= 0.6 is 8.25 Å². The Kier molecular flexibility index (Phi) is 16.5. The summed E-state index contributed by atoms with van der Waals surface area (Å²) < 4.78 is 29.9. The summed E-state index contributed by atoms with van der Waals surface area (Å²) in [6.07, 6.45) is 7.80. The maximum absolute atomic E-state index is 12.5. The highest BCUT2D eigenvalue weighted by atomic mass is 31.1. The Hall–Kier alpha value is -2.42. The third-order valence-corrected chi connectivity index (χ3v) is 5.67. The molecule has 10 nitrogen and oxygen atoms in total. The highest BCUT2D eigenvalue weighted by Crippen LogP contribution is 2.27. The number of unbranched alkanes of at least 4 members (excludes halogenated alkanes) is 8. The predicted molar refractivity (Wildman–Crippen MR) is 133 cm³/mol. The lowest BCUT2D eigenvalue weighted by Gasteiger charge is -2.16. The molecule has 0 spiro atoms. The van der Waals surface area contributed by atoms with Crippen LogP contribution in [0, 0.1) is 0 Å². The lowest BCUT2D eigenvalue weighted by Crippen LogP contribution is -2.23. The van der Waals surface area contributed by atoms with Crippen molar-refractivity contribution >= 4 is 26.3 Å². The predicted octanol–water partition coefficient (Wildman–Crippen LogP) is 5.13. The third kappa shape index (κ3) is 13.6. The fourth-order valence-electron chi connectivity index (χ4n) is 3.60. The van der Waals surface area contributed by atoms with E-state index in [2.05, 4.69) is 11.4 Å². The normalized spacial score (nSPS) is 12.4. The van der Waals surface area contributed by atoms with Crippen LogP contribution in [0.4, 0.5) is 4.79 Å². The SMILES string of the molecule is CCCCCCCCCCCC(=O)OCC(O)Cc1cccc(OC(=O)O[PH](=O)O)c1C(=O)OCC. The molecule has 0 aliphatic carbocycles. The molecule has 2 atom stereocenters. The zero-order chi connectivity index (χ0) is 26.8. The van der Waals surface area contributed by atoms with E-state index in [1.54, 1.807) is 6.92 Å². The van der Waals surface area contributed by atoms with Crippen LogP contribution in [-0.4, -0.2) is 47.4 Å². The zero-order valence-corrected chi connectivity index (χ0v) is 22.2. The van der Waals surface area contributed by atoms with Gasteiger partial charge in [-0.05, 0) is 25.0 Å². The van der Waals surface area contributed by atoms with Crippen LogP contribution in [0.1, 0.15) is 94.0 Å². The highest BCUT2D eigenvalue weighted by molar-refractivity contribution is 7.32. The van der Waals surface area contributed by atoms with E-state index >= 15 is 0 Å². The van der Waals surface area contributed by atoms with Crippen molar-refractivity contribution in [3.63, 3.8) is 0 Å². The molecule has 0 saturated carbocycles. The molecule has 0 aromatic heterocycles. The molecule has 0 aliphatic rings. The van der Waals surface area contributed by atoms with Gasteiger partial charge in [-0.25, -0.2) is 14.2 Å². The van der Waals surface area contributed by atoms with Gasteiger partial charge in [-0.15, -0.1) is 0 Å². The summed E-state index contributed by atoms with van der Waals surface area (Å²) in [5.41, 5.74) is 0.131. The summed E-state index contributed by atoms with van der Waals surface area (Å²) in [5, 5.41) is 10.4. The summed E-state index contributed by atoms with van der Waals surface area (Å²) in [5.74, 6) is -1.47. The van der Waals surface area contributed by atoms with Crippen molar-refractivity contribution in [1.29, 1.82) is 0 Å². The van der Waals surface area contributed by atoms with Gasteiger partial charge in [-0.3, -0.25) is 4.79 Å². The van der Waals surface area contributed by atoms with Crippen LogP contribution in [0.25, 0.3) is 0 Å². The minimum Gasteiger partial charge on any atom is -0.463 e. The van der Waals surface area contributed by atoms with Crippen LogP contribution < -0.4 is 4.74 Å². The lowest BCUT2D eigenvalue weighted by atomic mass is 10.0. The standard InChI is InChI=1S/C25H39O10P/c1-3-5-6-7-8-9-10-11-12-16-22(27)33-18-20(26)17-19-14-13-15-21(23(19)24(28)32-4-2)34-25(29)35-36(30)31/h13-15,20,26,36H,3-12,16-18H2,1-2H3,(H,30,31). The van der Waals surface area contributed by atoms with E-state index in [1.807, 2.05) is 0 Å². The molecule has 0 fully saturated rings. The largest absolute Gasteiger partial charge is 0.520 e. The number of rotatable bonds is 18. The smallest absolute Gasteiger partial charge is 0.463 e. The molecule has 0 aliphatic heterocycles. The molecule has 0 saturated heterocycles. The molecule has 204 valence electrons. The summed E-state index contributed by atoms with van der Waals surface area (Å²) in [6, 6.07) is 4.26. The number of aliphatic hydroxyl groups excluding tert-OH is 1. The van der Waals surface area contributed by atoms with Gasteiger partial charge in [-0.1, -0.05) is 70.4 Å². The summed E-state index contributed by atoms with van der Waals surface area (Å²) in [6.45, 7) is 3.56. The molecule has 0 radical (unpaired) electrons. The molecule has 2 N–H and O–H groups in total. The highest BCUT2D eigenvalue weighted by Gasteiger charge is 2.23. The fraction of sp³-hybridized carbons (Fsp3) is 0.640. The Morgan fingerprint density at radius 1 is 0.944 bits per heavy atom. The lowest BCUT2D eigenvalue weighted by molar-refractivity contribution is -0.146. The van der Waals surface area contributed by atoms with Crippen LogP contribution in [0.15, 0.2) is 18.2 Å². The summed E-state index contributed by atoms with van der Waals surface area (Å²) in [7, 11) is -3.58. The molecule has 1 rings (SSSR count). The van der Waals surface area contributed by atoms with E-state index in [0.29, 0.717) is 0 Å².